The average molecular weight is 383 g/mol. The molecule has 0 radical (unpaired) electrons. The molecule has 138 valence electrons. The molecule has 3 rings (SSSR count). The molecule has 0 aliphatic rings. The van der Waals surface area contributed by atoms with E-state index in [2.05, 4.69) is 20.4 Å². The van der Waals surface area contributed by atoms with Crippen LogP contribution in [0.5, 0.6) is 0 Å². The van der Waals surface area contributed by atoms with Crippen LogP contribution >= 0.6 is 11.3 Å². The lowest BCUT2D eigenvalue weighted by Crippen LogP contribution is -2.12. The normalized spacial score (nSPS) is 10.5. The number of anilines is 2. The molecular formula is C19H17N3O4S. The molecule has 0 saturated heterocycles. The van der Waals surface area contributed by atoms with E-state index in [1.807, 2.05) is 19.1 Å². The van der Waals surface area contributed by atoms with E-state index in [1.165, 1.54) is 37.5 Å². The highest BCUT2D eigenvalue weighted by atomic mass is 32.1. The number of thiazole rings is 1. The summed E-state index contributed by atoms with van der Waals surface area (Å²) in [5.74, 6) is -0.935. The summed E-state index contributed by atoms with van der Waals surface area (Å²) < 4.78 is 5.50. The topological polar surface area (TPSA) is 97.4 Å². The number of rotatable bonds is 4. The Kier molecular flexibility index (Phi) is 5.18. The maximum atomic E-state index is 12.5. The van der Waals surface area contributed by atoms with Crippen molar-refractivity contribution < 1.29 is 19.1 Å². The maximum Gasteiger partial charge on any atom is 0.337 e. The standard InChI is InChI=1S/C19H17N3O4S/c1-10-8-14(9-15-16(10)22-19(27-15)20-11(2)23)21-17(24)12-4-6-13(7-5-12)18(25)26-3/h4-9H,1-3H3,(H,21,24)(H,20,22,23). The number of carbonyl (C=O) groups excluding carboxylic acids is 3. The van der Waals surface area contributed by atoms with Gasteiger partial charge in [-0.1, -0.05) is 11.3 Å². The van der Waals surface area contributed by atoms with Gasteiger partial charge in [0, 0.05) is 18.2 Å². The van der Waals surface area contributed by atoms with Gasteiger partial charge >= 0.3 is 5.97 Å². The van der Waals surface area contributed by atoms with Gasteiger partial charge in [-0.25, -0.2) is 9.78 Å². The number of ether oxygens (including phenoxy) is 1. The Morgan fingerprint density at radius 1 is 1.04 bits per heavy atom. The number of amides is 2. The number of nitrogens with zero attached hydrogens (tertiary/aromatic N) is 1. The number of fused-ring (bicyclic) bond motifs is 1. The van der Waals surface area contributed by atoms with Gasteiger partial charge in [0.2, 0.25) is 5.91 Å². The van der Waals surface area contributed by atoms with Gasteiger partial charge in [-0.3, -0.25) is 9.59 Å². The van der Waals surface area contributed by atoms with Crippen LogP contribution in [0, 0.1) is 6.92 Å². The zero-order valence-electron chi connectivity index (χ0n) is 15.0. The zero-order chi connectivity index (χ0) is 19.6. The number of benzene rings is 2. The number of hydrogen-bond acceptors (Lipinski definition) is 6. The third-order valence-corrected chi connectivity index (χ3v) is 4.71. The van der Waals surface area contributed by atoms with E-state index >= 15 is 0 Å². The second-order valence-corrected chi connectivity index (χ2v) is 6.89. The lowest BCUT2D eigenvalue weighted by atomic mass is 10.1. The van der Waals surface area contributed by atoms with Crippen molar-refractivity contribution in [2.45, 2.75) is 13.8 Å². The molecular weight excluding hydrogens is 366 g/mol. The number of hydrogen-bond donors (Lipinski definition) is 2. The van der Waals surface area contributed by atoms with Crippen molar-refractivity contribution in [3.05, 3.63) is 53.1 Å². The SMILES string of the molecule is COC(=O)c1ccc(C(=O)Nc2cc(C)c3nc(NC(C)=O)sc3c2)cc1. The molecule has 2 aromatic carbocycles. The molecule has 8 heteroatoms. The largest absolute Gasteiger partial charge is 0.465 e. The van der Waals surface area contributed by atoms with E-state index in [4.69, 9.17) is 0 Å². The number of methoxy groups -OCH3 is 1. The molecule has 3 aromatic rings. The van der Waals surface area contributed by atoms with Gasteiger partial charge in [0.05, 0.1) is 22.9 Å². The van der Waals surface area contributed by atoms with Crippen LogP contribution < -0.4 is 10.6 Å². The fraction of sp³-hybridized carbons (Fsp3) is 0.158. The number of esters is 1. The predicted octanol–water partition coefficient (Wildman–Crippen LogP) is 3.60. The van der Waals surface area contributed by atoms with Gasteiger partial charge in [-0.15, -0.1) is 0 Å². The first-order valence-electron chi connectivity index (χ1n) is 8.06. The smallest absolute Gasteiger partial charge is 0.337 e. The molecule has 0 aliphatic heterocycles. The van der Waals surface area contributed by atoms with Crippen LogP contribution in [-0.2, 0) is 9.53 Å². The molecule has 1 heterocycles. The van der Waals surface area contributed by atoms with Crippen molar-refractivity contribution in [2.24, 2.45) is 0 Å². The fourth-order valence-electron chi connectivity index (χ4n) is 2.55. The highest BCUT2D eigenvalue weighted by Crippen LogP contribution is 2.31. The van der Waals surface area contributed by atoms with E-state index in [-0.39, 0.29) is 11.8 Å². The van der Waals surface area contributed by atoms with Crippen LogP contribution in [0.3, 0.4) is 0 Å². The number of carbonyl (C=O) groups is 3. The zero-order valence-corrected chi connectivity index (χ0v) is 15.8. The molecule has 0 spiro atoms. The number of aromatic nitrogens is 1. The average Bonchev–Trinajstić information content (AvgIpc) is 3.03. The van der Waals surface area contributed by atoms with Crippen LogP contribution in [0.25, 0.3) is 10.2 Å². The number of nitrogens with one attached hydrogen (secondary N) is 2. The number of aryl methyl sites for hydroxylation is 1. The molecule has 1 aromatic heterocycles. The summed E-state index contributed by atoms with van der Waals surface area (Å²) >= 11 is 1.34. The van der Waals surface area contributed by atoms with Gasteiger partial charge in [0.15, 0.2) is 5.13 Å². The van der Waals surface area contributed by atoms with E-state index in [0.29, 0.717) is 21.9 Å². The minimum absolute atomic E-state index is 0.185. The highest BCUT2D eigenvalue weighted by Gasteiger charge is 2.12. The summed E-state index contributed by atoms with van der Waals surface area (Å²) in [6.07, 6.45) is 0. The molecule has 7 nitrogen and oxygen atoms in total. The van der Waals surface area contributed by atoms with Crippen LogP contribution in [-0.4, -0.2) is 29.9 Å². The van der Waals surface area contributed by atoms with Crippen molar-refractivity contribution >= 4 is 50.2 Å². The third kappa shape index (κ3) is 4.12. The second kappa shape index (κ2) is 7.55. The molecule has 2 N–H and O–H groups in total. The highest BCUT2D eigenvalue weighted by molar-refractivity contribution is 7.22. The second-order valence-electron chi connectivity index (χ2n) is 5.86. The van der Waals surface area contributed by atoms with Crippen molar-refractivity contribution in [1.82, 2.24) is 4.98 Å². The first kappa shape index (κ1) is 18.5. The lowest BCUT2D eigenvalue weighted by molar-refractivity contribution is -0.114. The van der Waals surface area contributed by atoms with E-state index in [0.717, 1.165) is 15.8 Å². The van der Waals surface area contributed by atoms with Gasteiger partial charge < -0.3 is 15.4 Å². The molecule has 0 atom stereocenters. The summed E-state index contributed by atoms with van der Waals surface area (Å²) in [4.78, 5) is 39.5. The van der Waals surface area contributed by atoms with Crippen molar-refractivity contribution in [2.75, 3.05) is 17.7 Å². The quantitative estimate of drug-likeness (QED) is 0.671. The Morgan fingerprint density at radius 2 is 1.70 bits per heavy atom. The van der Waals surface area contributed by atoms with E-state index in [9.17, 15) is 14.4 Å². The van der Waals surface area contributed by atoms with E-state index < -0.39 is 5.97 Å². The summed E-state index contributed by atoms with van der Waals surface area (Å²) in [5, 5.41) is 6.03. The summed E-state index contributed by atoms with van der Waals surface area (Å²) in [5.41, 5.74) is 3.09. The van der Waals surface area contributed by atoms with E-state index in [1.54, 1.807) is 12.1 Å². The molecule has 0 unspecified atom stereocenters. The maximum absolute atomic E-state index is 12.5. The van der Waals surface area contributed by atoms with Gasteiger partial charge in [-0.2, -0.15) is 0 Å². The van der Waals surface area contributed by atoms with Crippen molar-refractivity contribution in [3.63, 3.8) is 0 Å². The fourth-order valence-corrected chi connectivity index (χ4v) is 3.58. The van der Waals surface area contributed by atoms with Crippen molar-refractivity contribution in [1.29, 1.82) is 0 Å². The molecule has 0 saturated carbocycles. The molecule has 0 fully saturated rings. The summed E-state index contributed by atoms with van der Waals surface area (Å²) in [7, 11) is 1.30. The Bertz CT molecular complexity index is 1040. The van der Waals surface area contributed by atoms with Gasteiger partial charge in [0.1, 0.15) is 0 Å². The Balaban J connectivity index is 1.82. The van der Waals surface area contributed by atoms with Crippen LogP contribution in [0.1, 0.15) is 33.2 Å². The summed E-state index contributed by atoms with van der Waals surface area (Å²) in [6.45, 7) is 3.32. The van der Waals surface area contributed by atoms with Crippen molar-refractivity contribution in [3.8, 4) is 0 Å². The first-order valence-corrected chi connectivity index (χ1v) is 8.87. The third-order valence-electron chi connectivity index (χ3n) is 3.79. The molecule has 0 aliphatic carbocycles. The molecule has 27 heavy (non-hydrogen) atoms. The van der Waals surface area contributed by atoms with Crippen LogP contribution in [0.2, 0.25) is 0 Å². The van der Waals surface area contributed by atoms with Crippen LogP contribution in [0.4, 0.5) is 10.8 Å². The minimum Gasteiger partial charge on any atom is -0.465 e. The predicted molar refractivity (Wildman–Crippen MR) is 104 cm³/mol. The van der Waals surface area contributed by atoms with Gasteiger partial charge in [-0.05, 0) is 48.9 Å². The first-order chi connectivity index (χ1) is 12.9. The van der Waals surface area contributed by atoms with Gasteiger partial charge in [0.25, 0.3) is 5.91 Å². The summed E-state index contributed by atoms with van der Waals surface area (Å²) in [6, 6.07) is 9.84. The van der Waals surface area contributed by atoms with Crippen LogP contribution in [0.15, 0.2) is 36.4 Å². The Morgan fingerprint density at radius 3 is 2.33 bits per heavy atom. The molecule has 2 amide bonds. The Hall–Kier alpha value is -3.26. The minimum atomic E-state index is -0.455. The monoisotopic (exact) mass is 383 g/mol. The molecule has 0 bridgehead atoms. The lowest BCUT2D eigenvalue weighted by Gasteiger charge is -2.07. The Labute approximate surface area is 159 Å².